The van der Waals surface area contributed by atoms with Crippen LogP contribution in [-0.4, -0.2) is 29.3 Å². The first-order valence-corrected chi connectivity index (χ1v) is 6.08. The fourth-order valence-corrected chi connectivity index (χ4v) is 2.79. The molecule has 0 bridgehead atoms. The van der Waals surface area contributed by atoms with Crippen LogP contribution in [0.1, 0.15) is 12.8 Å². The van der Waals surface area contributed by atoms with E-state index in [9.17, 15) is 5.11 Å². The predicted molar refractivity (Wildman–Crippen MR) is 64.4 cm³/mol. The summed E-state index contributed by atoms with van der Waals surface area (Å²) in [6.45, 7) is 1.12. The fraction of sp³-hybridized carbons (Fsp3) is 0.500. The van der Waals surface area contributed by atoms with Gasteiger partial charge in [-0.3, -0.25) is 0 Å². The molecule has 0 spiro atoms. The number of hydrogen-bond acceptors (Lipinski definition) is 3. The molecule has 0 radical (unpaired) electrons. The van der Waals surface area contributed by atoms with Gasteiger partial charge in [-0.15, -0.1) is 0 Å². The Morgan fingerprint density at radius 3 is 3.13 bits per heavy atom. The van der Waals surface area contributed by atoms with Crippen molar-refractivity contribution in [3.05, 3.63) is 21.8 Å². The summed E-state index contributed by atoms with van der Waals surface area (Å²) in [7, 11) is 0. The van der Waals surface area contributed by atoms with Crippen LogP contribution < -0.4 is 4.90 Å². The summed E-state index contributed by atoms with van der Waals surface area (Å²) in [6, 6.07) is 2.02. The van der Waals surface area contributed by atoms with Crippen molar-refractivity contribution in [2.24, 2.45) is 0 Å². The molecule has 1 aromatic rings. The van der Waals surface area contributed by atoms with Crippen LogP contribution in [0.3, 0.4) is 0 Å². The smallest absolute Gasteiger partial charge is 0.143 e. The van der Waals surface area contributed by atoms with Gasteiger partial charge in [0.25, 0.3) is 0 Å². The first kappa shape index (κ1) is 11.2. The molecule has 0 aromatic carbocycles. The number of pyridine rings is 1. The lowest BCUT2D eigenvalue weighted by molar-refractivity contribution is 0.266. The zero-order valence-electron chi connectivity index (χ0n) is 8.16. The highest BCUT2D eigenvalue weighted by Gasteiger charge is 2.26. The molecule has 1 aromatic heterocycles. The van der Waals surface area contributed by atoms with Crippen molar-refractivity contribution in [2.45, 2.75) is 18.9 Å². The molecule has 1 atom stereocenters. The molecular formula is C10H12BrClN2O. The molecule has 0 aliphatic carbocycles. The molecule has 1 unspecified atom stereocenters. The lowest BCUT2D eigenvalue weighted by Gasteiger charge is -2.24. The van der Waals surface area contributed by atoms with Crippen molar-refractivity contribution in [3.8, 4) is 0 Å². The first-order chi connectivity index (χ1) is 7.22. The third kappa shape index (κ3) is 2.27. The topological polar surface area (TPSA) is 36.4 Å². The monoisotopic (exact) mass is 290 g/mol. The Morgan fingerprint density at radius 1 is 1.67 bits per heavy atom. The summed E-state index contributed by atoms with van der Waals surface area (Å²) >= 11 is 9.28. The summed E-state index contributed by atoms with van der Waals surface area (Å²) in [5.74, 6) is 0.871. The van der Waals surface area contributed by atoms with E-state index >= 15 is 0 Å². The molecule has 3 nitrogen and oxygen atoms in total. The van der Waals surface area contributed by atoms with Gasteiger partial charge in [-0.2, -0.15) is 0 Å². The molecule has 1 fully saturated rings. The molecule has 15 heavy (non-hydrogen) atoms. The molecule has 5 heteroatoms. The summed E-state index contributed by atoms with van der Waals surface area (Å²) in [5.41, 5.74) is 0. The highest BCUT2D eigenvalue weighted by molar-refractivity contribution is 9.10. The van der Waals surface area contributed by atoms with Gasteiger partial charge in [0.1, 0.15) is 5.82 Å². The highest BCUT2D eigenvalue weighted by Crippen LogP contribution is 2.31. The lowest BCUT2D eigenvalue weighted by atomic mass is 10.2. The Labute approximate surface area is 102 Å². The lowest BCUT2D eigenvalue weighted by Crippen LogP contribution is -2.32. The van der Waals surface area contributed by atoms with E-state index in [2.05, 4.69) is 25.8 Å². The van der Waals surface area contributed by atoms with Gasteiger partial charge in [0, 0.05) is 12.7 Å². The standard InChI is InChI=1S/C10H12BrClN2O/c11-9-4-7(12)5-13-10(9)14-3-1-2-8(14)6-15/h4-5,8,15H,1-3,6H2. The second-order valence-corrected chi connectivity index (χ2v) is 4.92. The van der Waals surface area contributed by atoms with Gasteiger partial charge in [0.2, 0.25) is 0 Å². The van der Waals surface area contributed by atoms with E-state index in [0.29, 0.717) is 5.02 Å². The summed E-state index contributed by atoms with van der Waals surface area (Å²) in [6.07, 6.45) is 3.75. The molecular weight excluding hydrogens is 279 g/mol. The average molecular weight is 292 g/mol. The van der Waals surface area contributed by atoms with E-state index in [-0.39, 0.29) is 12.6 Å². The molecule has 0 amide bonds. The molecule has 1 N–H and O–H groups in total. The maximum Gasteiger partial charge on any atom is 0.143 e. The van der Waals surface area contributed by atoms with E-state index in [4.69, 9.17) is 11.6 Å². The van der Waals surface area contributed by atoms with Crippen molar-refractivity contribution in [3.63, 3.8) is 0 Å². The molecule has 1 aliphatic rings. The minimum absolute atomic E-state index is 0.177. The zero-order valence-corrected chi connectivity index (χ0v) is 10.5. The minimum Gasteiger partial charge on any atom is -0.394 e. The first-order valence-electron chi connectivity index (χ1n) is 4.91. The van der Waals surface area contributed by atoms with Gasteiger partial charge in [-0.05, 0) is 34.8 Å². The van der Waals surface area contributed by atoms with Crippen LogP contribution in [0.5, 0.6) is 0 Å². The van der Waals surface area contributed by atoms with Crippen molar-refractivity contribution in [1.29, 1.82) is 0 Å². The van der Waals surface area contributed by atoms with Crippen LogP contribution in [0.25, 0.3) is 0 Å². The van der Waals surface area contributed by atoms with Gasteiger partial charge in [-0.1, -0.05) is 11.6 Å². The Morgan fingerprint density at radius 2 is 2.47 bits per heavy atom. The maximum absolute atomic E-state index is 9.23. The van der Waals surface area contributed by atoms with Crippen molar-refractivity contribution >= 4 is 33.3 Å². The van der Waals surface area contributed by atoms with E-state index < -0.39 is 0 Å². The van der Waals surface area contributed by atoms with Crippen LogP contribution in [-0.2, 0) is 0 Å². The van der Waals surface area contributed by atoms with Gasteiger partial charge in [-0.25, -0.2) is 4.98 Å². The van der Waals surface area contributed by atoms with Crippen LogP contribution in [0, 0.1) is 0 Å². The number of aliphatic hydroxyl groups excluding tert-OH is 1. The largest absolute Gasteiger partial charge is 0.394 e. The normalized spacial score (nSPS) is 21.0. The number of anilines is 1. The number of aliphatic hydroxyl groups is 1. The fourth-order valence-electron chi connectivity index (χ4n) is 1.92. The highest BCUT2D eigenvalue weighted by atomic mass is 79.9. The molecule has 2 heterocycles. The van der Waals surface area contributed by atoms with Gasteiger partial charge >= 0.3 is 0 Å². The zero-order chi connectivity index (χ0) is 10.8. The van der Waals surface area contributed by atoms with Crippen LogP contribution >= 0.6 is 27.5 Å². The second kappa shape index (κ2) is 4.68. The predicted octanol–water partition coefficient (Wildman–Crippen LogP) is 2.46. The number of nitrogens with zero attached hydrogens (tertiary/aromatic N) is 2. The van der Waals surface area contributed by atoms with Gasteiger partial charge < -0.3 is 10.0 Å². The Bertz CT molecular complexity index is 361. The van der Waals surface area contributed by atoms with E-state index in [0.717, 1.165) is 29.7 Å². The molecule has 82 valence electrons. The summed E-state index contributed by atoms with van der Waals surface area (Å²) in [4.78, 5) is 6.42. The van der Waals surface area contributed by atoms with Crippen molar-refractivity contribution in [2.75, 3.05) is 18.1 Å². The number of halogens is 2. The Balaban J connectivity index is 2.28. The molecule has 2 rings (SSSR count). The maximum atomic E-state index is 9.23. The molecule has 1 aliphatic heterocycles. The third-order valence-electron chi connectivity index (χ3n) is 2.65. The van der Waals surface area contributed by atoms with Crippen LogP contribution in [0.4, 0.5) is 5.82 Å². The SMILES string of the molecule is OCC1CCCN1c1ncc(Cl)cc1Br. The van der Waals surface area contributed by atoms with Crippen molar-refractivity contribution < 1.29 is 5.11 Å². The third-order valence-corrected chi connectivity index (χ3v) is 3.44. The van der Waals surface area contributed by atoms with E-state index in [1.165, 1.54) is 0 Å². The summed E-state index contributed by atoms with van der Waals surface area (Å²) < 4.78 is 0.885. The van der Waals surface area contributed by atoms with Crippen molar-refractivity contribution in [1.82, 2.24) is 4.98 Å². The van der Waals surface area contributed by atoms with E-state index in [1.807, 2.05) is 6.07 Å². The number of aromatic nitrogens is 1. The van der Waals surface area contributed by atoms with E-state index in [1.54, 1.807) is 6.20 Å². The minimum atomic E-state index is 0.177. The van der Waals surface area contributed by atoms with Crippen LogP contribution in [0.2, 0.25) is 5.02 Å². The Kier molecular flexibility index (Phi) is 3.49. The van der Waals surface area contributed by atoms with Gasteiger partial charge in [0.15, 0.2) is 0 Å². The number of rotatable bonds is 2. The average Bonchev–Trinajstić information content (AvgIpc) is 2.65. The number of hydrogen-bond donors (Lipinski definition) is 1. The quantitative estimate of drug-likeness (QED) is 0.909. The molecule has 0 saturated carbocycles. The van der Waals surface area contributed by atoms with Crippen LogP contribution in [0.15, 0.2) is 16.7 Å². The Hall–Kier alpha value is -0.320. The summed E-state index contributed by atoms with van der Waals surface area (Å²) in [5, 5.41) is 9.85. The molecule has 1 saturated heterocycles. The second-order valence-electron chi connectivity index (χ2n) is 3.63. The van der Waals surface area contributed by atoms with Gasteiger partial charge in [0.05, 0.1) is 22.1 Å².